The molecule has 0 radical (unpaired) electrons. The van der Waals surface area contributed by atoms with Gasteiger partial charge in [0.05, 0.1) is 0 Å². The molecule has 2 aromatic heterocycles. The number of carboxylic acid groups (broad SMARTS) is 1. The van der Waals surface area contributed by atoms with Crippen molar-refractivity contribution in [3.05, 3.63) is 30.0 Å². The molecule has 3 aromatic rings. The molecule has 0 saturated heterocycles. The van der Waals surface area contributed by atoms with E-state index in [0.717, 1.165) is 5.56 Å². The largest absolute Gasteiger partial charge is 0.478 e. The van der Waals surface area contributed by atoms with Crippen molar-refractivity contribution in [2.75, 3.05) is 0 Å². The Bertz CT molecular complexity index is 687. The Balaban J connectivity index is 2.18. The highest BCUT2D eigenvalue weighted by molar-refractivity contribution is 6.02. The number of rotatable bonds is 2. The highest BCUT2D eigenvalue weighted by atomic mass is 16.4. The van der Waals surface area contributed by atoms with Gasteiger partial charge in [0.15, 0.2) is 5.82 Å². The van der Waals surface area contributed by atoms with Gasteiger partial charge in [-0.25, -0.2) is 9.89 Å². The summed E-state index contributed by atoms with van der Waals surface area (Å²) in [5, 5.41) is 22.8. The maximum absolute atomic E-state index is 10.9. The number of aromatic carboxylic acids is 1. The summed E-state index contributed by atoms with van der Waals surface area (Å²) in [5.74, 6) is -0.516. The van der Waals surface area contributed by atoms with Crippen molar-refractivity contribution in [2.24, 2.45) is 0 Å². The summed E-state index contributed by atoms with van der Waals surface area (Å²) in [5.41, 5.74) is 1.35. The molecule has 2 heterocycles. The van der Waals surface area contributed by atoms with Crippen molar-refractivity contribution in [1.82, 2.24) is 20.6 Å². The molecule has 0 spiro atoms. The van der Waals surface area contributed by atoms with E-state index in [1.807, 2.05) is 0 Å². The van der Waals surface area contributed by atoms with Crippen LogP contribution in [0.15, 0.2) is 28.9 Å². The Morgan fingerprint density at radius 2 is 2.29 bits per heavy atom. The number of hydrogen-bond donors (Lipinski definition) is 2. The average Bonchev–Trinajstić information content (AvgIpc) is 2.97. The molecule has 3 rings (SSSR count). The summed E-state index contributed by atoms with van der Waals surface area (Å²) in [7, 11) is 0. The van der Waals surface area contributed by atoms with Crippen LogP contribution in [-0.4, -0.2) is 31.7 Å². The maximum atomic E-state index is 10.9. The molecule has 0 bridgehead atoms. The van der Waals surface area contributed by atoms with Gasteiger partial charge in [-0.3, -0.25) is 0 Å². The van der Waals surface area contributed by atoms with Crippen LogP contribution >= 0.6 is 0 Å². The Morgan fingerprint density at radius 1 is 1.41 bits per heavy atom. The number of tetrazole rings is 1. The Morgan fingerprint density at radius 3 is 3.00 bits per heavy atom. The number of nitrogens with zero attached hydrogens (tertiary/aromatic N) is 3. The molecule has 0 saturated carbocycles. The minimum atomic E-state index is -1.02. The zero-order chi connectivity index (χ0) is 11.8. The number of hydrogen-bond acceptors (Lipinski definition) is 5. The number of carbonyl (C=O) groups is 1. The van der Waals surface area contributed by atoms with Gasteiger partial charge < -0.3 is 9.52 Å². The Hall–Kier alpha value is -2.70. The van der Waals surface area contributed by atoms with Crippen LogP contribution in [-0.2, 0) is 0 Å². The SMILES string of the molecule is O=C(O)c1coc2cc(-c3nnn[nH]3)ccc12. The number of H-pyrrole nitrogens is 1. The first-order valence-corrected chi connectivity index (χ1v) is 4.74. The van der Waals surface area contributed by atoms with Gasteiger partial charge in [0, 0.05) is 10.9 Å². The van der Waals surface area contributed by atoms with Crippen LogP contribution in [0.5, 0.6) is 0 Å². The first-order valence-electron chi connectivity index (χ1n) is 4.74. The molecule has 0 unspecified atom stereocenters. The third-order valence-electron chi connectivity index (χ3n) is 2.42. The molecule has 7 nitrogen and oxygen atoms in total. The molecule has 17 heavy (non-hydrogen) atoms. The van der Waals surface area contributed by atoms with Crippen molar-refractivity contribution in [3.63, 3.8) is 0 Å². The van der Waals surface area contributed by atoms with Crippen LogP contribution < -0.4 is 0 Å². The molecule has 84 valence electrons. The summed E-state index contributed by atoms with van der Waals surface area (Å²) in [6, 6.07) is 5.08. The van der Waals surface area contributed by atoms with Crippen molar-refractivity contribution in [1.29, 1.82) is 0 Å². The first-order chi connectivity index (χ1) is 8.25. The minimum absolute atomic E-state index is 0.141. The van der Waals surface area contributed by atoms with Gasteiger partial charge in [0.25, 0.3) is 0 Å². The lowest BCUT2D eigenvalue weighted by Crippen LogP contribution is -1.93. The van der Waals surface area contributed by atoms with E-state index < -0.39 is 5.97 Å². The number of nitrogens with one attached hydrogen (secondary N) is 1. The zero-order valence-electron chi connectivity index (χ0n) is 8.41. The normalized spacial score (nSPS) is 10.8. The second-order valence-corrected chi connectivity index (χ2v) is 3.42. The fourth-order valence-electron chi connectivity index (χ4n) is 1.62. The van der Waals surface area contributed by atoms with E-state index >= 15 is 0 Å². The quantitative estimate of drug-likeness (QED) is 0.687. The zero-order valence-corrected chi connectivity index (χ0v) is 8.41. The highest BCUT2D eigenvalue weighted by Crippen LogP contribution is 2.25. The van der Waals surface area contributed by atoms with Gasteiger partial charge in [-0.15, -0.1) is 5.10 Å². The van der Waals surface area contributed by atoms with Gasteiger partial charge in [-0.2, -0.15) is 0 Å². The summed E-state index contributed by atoms with van der Waals surface area (Å²) in [6.07, 6.45) is 1.22. The number of fused-ring (bicyclic) bond motifs is 1. The lowest BCUT2D eigenvalue weighted by Gasteiger charge is -1.95. The third-order valence-corrected chi connectivity index (χ3v) is 2.42. The first kappa shape index (κ1) is 9.52. The standard InChI is InChI=1S/C10H6N4O3/c15-10(16)7-4-17-8-3-5(1-2-6(7)8)9-11-13-14-12-9/h1-4H,(H,15,16)(H,11,12,13,14). The molecule has 0 aliphatic rings. The van der Waals surface area contributed by atoms with Gasteiger partial charge in [0.1, 0.15) is 17.4 Å². The minimum Gasteiger partial charge on any atom is -0.478 e. The Labute approximate surface area is 94.1 Å². The smallest absolute Gasteiger partial charge is 0.339 e. The van der Waals surface area contributed by atoms with Crippen LogP contribution in [0, 0.1) is 0 Å². The van der Waals surface area contributed by atoms with E-state index in [1.54, 1.807) is 18.2 Å². The van der Waals surface area contributed by atoms with Crippen LogP contribution in [0.2, 0.25) is 0 Å². The fraction of sp³-hybridized carbons (Fsp3) is 0. The van der Waals surface area contributed by atoms with E-state index in [2.05, 4.69) is 20.6 Å². The van der Waals surface area contributed by atoms with E-state index in [1.165, 1.54) is 6.26 Å². The topological polar surface area (TPSA) is 105 Å². The van der Waals surface area contributed by atoms with Crippen molar-refractivity contribution in [2.45, 2.75) is 0 Å². The molecule has 0 aliphatic heterocycles. The fourth-order valence-corrected chi connectivity index (χ4v) is 1.62. The van der Waals surface area contributed by atoms with Gasteiger partial charge in [-0.05, 0) is 22.6 Å². The average molecular weight is 230 g/mol. The van der Waals surface area contributed by atoms with Gasteiger partial charge in [0.2, 0.25) is 0 Å². The molecule has 2 N–H and O–H groups in total. The molecule has 0 atom stereocenters. The number of aromatic amines is 1. The summed E-state index contributed by atoms with van der Waals surface area (Å²) < 4.78 is 5.19. The van der Waals surface area contributed by atoms with E-state index in [0.29, 0.717) is 16.8 Å². The van der Waals surface area contributed by atoms with Crippen LogP contribution in [0.1, 0.15) is 10.4 Å². The molecular weight excluding hydrogens is 224 g/mol. The predicted molar refractivity (Wildman–Crippen MR) is 56.3 cm³/mol. The van der Waals surface area contributed by atoms with Crippen LogP contribution in [0.4, 0.5) is 0 Å². The third kappa shape index (κ3) is 1.44. The summed E-state index contributed by atoms with van der Waals surface area (Å²) >= 11 is 0. The predicted octanol–water partition coefficient (Wildman–Crippen LogP) is 1.31. The number of benzene rings is 1. The van der Waals surface area contributed by atoms with E-state index in [4.69, 9.17) is 9.52 Å². The summed E-state index contributed by atoms with van der Waals surface area (Å²) in [6.45, 7) is 0. The second-order valence-electron chi connectivity index (χ2n) is 3.42. The van der Waals surface area contributed by atoms with E-state index in [9.17, 15) is 4.79 Å². The highest BCUT2D eigenvalue weighted by Gasteiger charge is 2.13. The number of furan rings is 1. The molecular formula is C10H6N4O3. The van der Waals surface area contributed by atoms with Gasteiger partial charge >= 0.3 is 5.97 Å². The lowest BCUT2D eigenvalue weighted by molar-refractivity contribution is 0.0698. The second kappa shape index (κ2) is 3.41. The summed E-state index contributed by atoms with van der Waals surface area (Å²) in [4.78, 5) is 10.9. The number of aromatic nitrogens is 4. The molecule has 0 amide bonds. The van der Waals surface area contributed by atoms with Crippen molar-refractivity contribution in [3.8, 4) is 11.4 Å². The number of carboxylic acids is 1. The van der Waals surface area contributed by atoms with Crippen LogP contribution in [0.25, 0.3) is 22.4 Å². The molecule has 7 heteroatoms. The maximum Gasteiger partial charge on any atom is 0.339 e. The van der Waals surface area contributed by atoms with Crippen molar-refractivity contribution >= 4 is 16.9 Å². The Kier molecular flexibility index (Phi) is 1.91. The monoisotopic (exact) mass is 230 g/mol. The molecule has 0 fully saturated rings. The molecule has 1 aromatic carbocycles. The molecule has 0 aliphatic carbocycles. The van der Waals surface area contributed by atoms with Crippen LogP contribution in [0.3, 0.4) is 0 Å². The lowest BCUT2D eigenvalue weighted by atomic mass is 10.1. The van der Waals surface area contributed by atoms with E-state index in [-0.39, 0.29) is 5.56 Å². The van der Waals surface area contributed by atoms with Crippen molar-refractivity contribution < 1.29 is 14.3 Å². The van der Waals surface area contributed by atoms with Gasteiger partial charge in [-0.1, -0.05) is 6.07 Å².